The van der Waals surface area contributed by atoms with Gasteiger partial charge in [0.2, 0.25) is 5.95 Å². The molecular formula is C33H37FN10O3. The molecule has 13 nitrogen and oxygen atoms in total. The Hall–Kier alpha value is -4.95. The molecule has 5 aromatic rings. The van der Waals surface area contributed by atoms with E-state index in [0.717, 1.165) is 38.9 Å². The second-order valence-electron chi connectivity index (χ2n) is 12.5. The monoisotopic (exact) mass is 640 g/mol. The van der Waals surface area contributed by atoms with E-state index in [-0.39, 0.29) is 41.3 Å². The highest BCUT2D eigenvalue weighted by molar-refractivity contribution is 5.78. The van der Waals surface area contributed by atoms with Gasteiger partial charge in [-0.05, 0) is 82.6 Å². The van der Waals surface area contributed by atoms with Gasteiger partial charge in [-0.3, -0.25) is 9.48 Å². The lowest BCUT2D eigenvalue weighted by Crippen LogP contribution is -2.51. The minimum absolute atomic E-state index is 0.0314. The number of pyridine rings is 1. The highest BCUT2D eigenvalue weighted by Gasteiger charge is 2.44. The van der Waals surface area contributed by atoms with Crippen LogP contribution in [0.3, 0.4) is 0 Å². The van der Waals surface area contributed by atoms with E-state index in [0.29, 0.717) is 46.2 Å². The Morgan fingerprint density at radius 1 is 1.09 bits per heavy atom. The smallest absolute Gasteiger partial charge is 0.276 e. The van der Waals surface area contributed by atoms with Crippen molar-refractivity contribution >= 4 is 28.6 Å². The fourth-order valence-electron chi connectivity index (χ4n) is 6.66. The SMILES string of the molecule is C=CCn1c(=O)c2ccc(Nc3ncc(-c4nc(C56CCN(CC5)CC6)no4)c(N[C@H](CO)c4ccc(F)cc4)n3)nc2n1C(C)C. The number of nitrogens with zero attached hydrogens (tertiary/aromatic N) is 8. The van der Waals surface area contributed by atoms with Gasteiger partial charge in [0, 0.05) is 17.7 Å². The molecule has 1 aromatic carbocycles. The number of allylic oxidation sites excluding steroid dienone is 1. The quantitative estimate of drug-likeness (QED) is 0.174. The maximum Gasteiger partial charge on any atom is 0.276 e. The molecule has 3 saturated heterocycles. The molecule has 244 valence electrons. The summed E-state index contributed by atoms with van der Waals surface area (Å²) in [6, 6.07) is 8.66. The molecule has 0 unspecified atom stereocenters. The molecule has 0 saturated carbocycles. The van der Waals surface area contributed by atoms with E-state index in [4.69, 9.17) is 19.5 Å². The van der Waals surface area contributed by atoms with Gasteiger partial charge in [-0.1, -0.05) is 23.4 Å². The Kier molecular flexibility index (Phi) is 8.06. The van der Waals surface area contributed by atoms with E-state index in [1.54, 1.807) is 41.2 Å². The fraction of sp³-hybridized carbons (Fsp3) is 0.394. The molecule has 1 atom stereocenters. The first kappa shape index (κ1) is 30.7. The number of piperidine rings is 3. The number of fused-ring (bicyclic) bond motifs is 4. The summed E-state index contributed by atoms with van der Waals surface area (Å²) in [6.07, 6.45) is 6.20. The van der Waals surface area contributed by atoms with E-state index < -0.39 is 6.04 Å². The third-order valence-corrected chi connectivity index (χ3v) is 9.25. The van der Waals surface area contributed by atoms with Gasteiger partial charge < -0.3 is 25.2 Å². The molecule has 3 fully saturated rings. The average molecular weight is 641 g/mol. The molecule has 2 bridgehead atoms. The first-order chi connectivity index (χ1) is 22.8. The molecule has 8 rings (SSSR count). The highest BCUT2D eigenvalue weighted by Crippen LogP contribution is 2.42. The van der Waals surface area contributed by atoms with Crippen LogP contribution in [0.2, 0.25) is 0 Å². The van der Waals surface area contributed by atoms with Gasteiger partial charge in [0.05, 0.1) is 24.6 Å². The van der Waals surface area contributed by atoms with Crippen LogP contribution in [-0.4, -0.2) is 70.7 Å². The molecule has 0 spiro atoms. The van der Waals surface area contributed by atoms with Gasteiger partial charge >= 0.3 is 0 Å². The normalized spacial score (nSPS) is 19.7. The summed E-state index contributed by atoms with van der Waals surface area (Å²) >= 11 is 0. The summed E-state index contributed by atoms with van der Waals surface area (Å²) in [7, 11) is 0. The van der Waals surface area contributed by atoms with Gasteiger partial charge in [-0.15, -0.1) is 6.58 Å². The number of anilines is 3. The average Bonchev–Trinajstić information content (AvgIpc) is 3.69. The van der Waals surface area contributed by atoms with Crippen LogP contribution in [0.25, 0.3) is 22.5 Å². The van der Waals surface area contributed by atoms with Gasteiger partial charge in [0.1, 0.15) is 23.0 Å². The van der Waals surface area contributed by atoms with E-state index >= 15 is 0 Å². The first-order valence-electron chi connectivity index (χ1n) is 15.9. The van der Waals surface area contributed by atoms with Crippen LogP contribution >= 0.6 is 0 Å². The first-order valence-corrected chi connectivity index (χ1v) is 15.9. The van der Waals surface area contributed by atoms with Crippen molar-refractivity contribution in [1.82, 2.24) is 39.4 Å². The lowest BCUT2D eigenvalue weighted by molar-refractivity contribution is 0.0747. The summed E-state index contributed by atoms with van der Waals surface area (Å²) in [6.45, 7) is 10.9. The van der Waals surface area contributed by atoms with Crippen LogP contribution < -0.4 is 16.2 Å². The van der Waals surface area contributed by atoms with Crippen molar-refractivity contribution < 1.29 is 14.0 Å². The van der Waals surface area contributed by atoms with Crippen LogP contribution in [0.1, 0.15) is 56.6 Å². The number of aromatic nitrogens is 7. The molecule has 4 aromatic heterocycles. The van der Waals surface area contributed by atoms with Crippen molar-refractivity contribution in [1.29, 1.82) is 0 Å². The molecule has 0 aliphatic carbocycles. The molecule has 3 aliphatic heterocycles. The zero-order valence-corrected chi connectivity index (χ0v) is 26.4. The Labute approximate surface area is 270 Å². The van der Waals surface area contributed by atoms with Crippen molar-refractivity contribution in [3.63, 3.8) is 0 Å². The van der Waals surface area contributed by atoms with E-state index in [1.807, 2.05) is 18.5 Å². The number of aliphatic hydroxyl groups is 1. The fourth-order valence-corrected chi connectivity index (χ4v) is 6.66. The Balaban J connectivity index is 1.25. The van der Waals surface area contributed by atoms with Crippen molar-refractivity contribution in [2.45, 2.75) is 57.2 Å². The standard InChI is InChI=1S/C33H37FN10O3/c1-4-14-43-30(46)23-9-10-26(37-28(23)44(43)20(2)3)38-32-35-18-24(27(39-32)36-25(19-45)21-5-7-22(34)8-6-21)29-40-31(41-47-29)33-11-15-42(16-12-33)17-13-33/h4-10,18,20,25,45H,1,11-17,19H2,2-3H3,(H2,35,36,37,38,39)/t25-/m1/s1. The summed E-state index contributed by atoms with van der Waals surface area (Å²) in [5, 5.41) is 21.7. The molecule has 14 heteroatoms. The number of nitrogens with one attached hydrogen (secondary N) is 2. The Bertz CT molecular complexity index is 1960. The van der Waals surface area contributed by atoms with Crippen molar-refractivity contribution in [2.75, 3.05) is 36.9 Å². The van der Waals surface area contributed by atoms with E-state index in [2.05, 4.69) is 32.3 Å². The lowest BCUT2D eigenvalue weighted by Gasteiger charge is -2.46. The zero-order chi connectivity index (χ0) is 32.7. The van der Waals surface area contributed by atoms with Crippen LogP contribution in [0, 0.1) is 5.82 Å². The molecule has 0 amide bonds. The number of aliphatic hydroxyl groups excluding tert-OH is 1. The van der Waals surface area contributed by atoms with Crippen molar-refractivity contribution in [2.24, 2.45) is 0 Å². The van der Waals surface area contributed by atoms with E-state index in [9.17, 15) is 14.3 Å². The second kappa shape index (κ2) is 12.3. The number of hydrogen-bond donors (Lipinski definition) is 3. The molecule has 47 heavy (non-hydrogen) atoms. The predicted molar refractivity (Wildman–Crippen MR) is 175 cm³/mol. The third kappa shape index (κ3) is 5.67. The molecule has 0 radical (unpaired) electrons. The van der Waals surface area contributed by atoms with Gasteiger partial charge in [0.25, 0.3) is 11.4 Å². The van der Waals surface area contributed by atoms with Crippen LogP contribution in [0.4, 0.5) is 22.0 Å². The zero-order valence-electron chi connectivity index (χ0n) is 26.4. The predicted octanol–water partition coefficient (Wildman–Crippen LogP) is 4.57. The van der Waals surface area contributed by atoms with Crippen molar-refractivity contribution in [3.05, 3.63) is 82.8 Å². The Morgan fingerprint density at radius 2 is 1.83 bits per heavy atom. The van der Waals surface area contributed by atoms with Crippen LogP contribution in [-0.2, 0) is 12.0 Å². The maximum absolute atomic E-state index is 13.7. The Morgan fingerprint density at radius 3 is 2.51 bits per heavy atom. The van der Waals surface area contributed by atoms with Gasteiger partial charge in [-0.2, -0.15) is 9.97 Å². The molecule has 7 heterocycles. The lowest BCUT2D eigenvalue weighted by atomic mass is 9.71. The summed E-state index contributed by atoms with van der Waals surface area (Å²) in [5.74, 6) is 1.54. The van der Waals surface area contributed by atoms with E-state index in [1.165, 1.54) is 12.1 Å². The number of benzene rings is 1. The second-order valence-corrected chi connectivity index (χ2v) is 12.5. The highest BCUT2D eigenvalue weighted by atomic mass is 19.1. The topological polar surface area (TPSA) is 152 Å². The molecule has 3 N–H and O–H groups in total. The summed E-state index contributed by atoms with van der Waals surface area (Å²) in [4.78, 5) is 34.4. The maximum atomic E-state index is 13.7. The number of halogens is 1. The number of rotatable bonds is 11. The largest absolute Gasteiger partial charge is 0.394 e. The van der Waals surface area contributed by atoms with Crippen LogP contribution in [0.15, 0.2) is 64.6 Å². The van der Waals surface area contributed by atoms with Crippen molar-refractivity contribution in [3.8, 4) is 11.5 Å². The van der Waals surface area contributed by atoms with Crippen LogP contribution in [0.5, 0.6) is 0 Å². The minimum atomic E-state index is -0.625. The number of hydrogen-bond acceptors (Lipinski definition) is 11. The third-order valence-electron chi connectivity index (χ3n) is 9.25. The summed E-state index contributed by atoms with van der Waals surface area (Å²) in [5.41, 5.74) is 1.38. The van der Waals surface area contributed by atoms with Gasteiger partial charge in [0.15, 0.2) is 11.5 Å². The van der Waals surface area contributed by atoms with Gasteiger partial charge in [-0.25, -0.2) is 19.0 Å². The summed E-state index contributed by atoms with van der Waals surface area (Å²) < 4.78 is 23.0. The minimum Gasteiger partial charge on any atom is -0.394 e. The molecular weight excluding hydrogens is 603 g/mol. The molecule has 3 aliphatic rings.